The Labute approximate surface area is 202 Å². The van der Waals surface area contributed by atoms with Crippen LogP contribution in [0.3, 0.4) is 0 Å². The van der Waals surface area contributed by atoms with Gasteiger partial charge < -0.3 is 13.9 Å². The number of allylic oxidation sites excluding steroid dienone is 1. The fourth-order valence-electron chi connectivity index (χ4n) is 5.96. The first-order chi connectivity index (χ1) is 16.6. The highest BCUT2D eigenvalue weighted by Gasteiger charge is 2.74. The summed E-state index contributed by atoms with van der Waals surface area (Å²) in [5.41, 5.74) is -0.994. The van der Waals surface area contributed by atoms with E-state index in [2.05, 4.69) is 0 Å². The molecule has 2 saturated carbocycles. The van der Waals surface area contributed by atoms with Crippen molar-refractivity contribution in [3.63, 3.8) is 0 Å². The Morgan fingerprint density at radius 2 is 1.91 bits per heavy atom. The first kappa shape index (κ1) is 23.1. The molecule has 1 aromatic heterocycles. The number of imide groups is 1. The third kappa shape index (κ3) is 3.26. The molecule has 0 unspecified atom stereocenters. The molecule has 2 fully saturated rings. The van der Waals surface area contributed by atoms with E-state index in [0.717, 1.165) is 4.90 Å². The molecule has 0 saturated heterocycles. The van der Waals surface area contributed by atoms with Gasteiger partial charge in [-0.3, -0.25) is 14.4 Å². The van der Waals surface area contributed by atoms with E-state index in [4.69, 9.17) is 13.9 Å². The molecule has 2 heterocycles. The molecule has 2 amide bonds. The molecule has 35 heavy (non-hydrogen) atoms. The maximum Gasteiger partial charge on any atom is 0.421 e. The van der Waals surface area contributed by atoms with Gasteiger partial charge in [0.05, 0.1) is 29.9 Å². The number of benzene rings is 1. The van der Waals surface area contributed by atoms with E-state index in [9.17, 15) is 19.2 Å². The van der Waals surface area contributed by atoms with Crippen LogP contribution in [-0.2, 0) is 29.3 Å². The molecule has 4 atom stereocenters. The molecule has 8 nitrogen and oxygen atoms in total. The highest BCUT2D eigenvalue weighted by molar-refractivity contribution is 6.25. The number of Topliss-reactive ketones (excluding diaryl/α,β-unsaturated/α-hetero) is 1. The van der Waals surface area contributed by atoms with Crippen molar-refractivity contribution in [1.29, 1.82) is 0 Å². The Bertz CT molecular complexity index is 1250. The summed E-state index contributed by atoms with van der Waals surface area (Å²) in [6.45, 7) is 6.94. The van der Waals surface area contributed by atoms with Crippen LogP contribution in [0, 0.1) is 17.8 Å². The molecule has 1 aromatic carbocycles. The molecule has 3 aliphatic rings. The summed E-state index contributed by atoms with van der Waals surface area (Å²) in [5, 5.41) is 0. The van der Waals surface area contributed by atoms with Gasteiger partial charge in [-0.05, 0) is 64.0 Å². The number of carbonyl (C=O) groups is 4. The molecule has 8 heteroatoms. The number of fused-ring (bicyclic) bond motifs is 5. The number of anilines is 1. The average molecular weight is 478 g/mol. The minimum Gasteiger partial charge on any atom is -0.466 e. The molecule has 0 N–H and O–H groups in total. The largest absolute Gasteiger partial charge is 0.466 e. The van der Waals surface area contributed by atoms with Crippen LogP contribution in [0.4, 0.5) is 10.5 Å². The molecule has 2 aromatic rings. The molecule has 1 spiro atoms. The monoisotopic (exact) mass is 477 g/mol. The molecule has 2 aliphatic carbocycles. The highest BCUT2D eigenvalue weighted by Crippen LogP contribution is 2.66. The lowest BCUT2D eigenvalue weighted by Gasteiger charge is -2.39. The van der Waals surface area contributed by atoms with Crippen molar-refractivity contribution < 1.29 is 33.1 Å². The van der Waals surface area contributed by atoms with Crippen LogP contribution in [0.2, 0.25) is 0 Å². The van der Waals surface area contributed by atoms with E-state index < -0.39 is 46.7 Å². The number of esters is 1. The van der Waals surface area contributed by atoms with Crippen molar-refractivity contribution in [2.24, 2.45) is 17.8 Å². The average Bonchev–Trinajstić information content (AvgIpc) is 3.53. The summed E-state index contributed by atoms with van der Waals surface area (Å²) < 4.78 is 16.4. The molecule has 5 rings (SSSR count). The van der Waals surface area contributed by atoms with Gasteiger partial charge in [0, 0.05) is 17.4 Å². The van der Waals surface area contributed by atoms with Crippen molar-refractivity contribution >= 4 is 35.5 Å². The van der Waals surface area contributed by atoms with Gasteiger partial charge in [-0.25, -0.2) is 9.69 Å². The zero-order chi connectivity index (χ0) is 25.1. The lowest BCUT2D eigenvalue weighted by Crippen LogP contribution is -2.55. The van der Waals surface area contributed by atoms with Crippen LogP contribution >= 0.6 is 0 Å². The van der Waals surface area contributed by atoms with Gasteiger partial charge in [0.1, 0.15) is 11.4 Å². The standard InChI is InChI=1S/C27H27NO7/c1-5-33-23(30)21-17-14-19(16(22(17)29)13-15-9-8-12-34-15)27(21)18-10-6-7-11-20(18)28(24(27)31)25(32)35-26(2,3)4/h6-13,17,19,21H,5,14H2,1-4H3/b16-13+/t17-,19-,21-,27+/m1/s1. The van der Waals surface area contributed by atoms with Crippen LogP contribution in [-0.4, -0.2) is 36.0 Å². The summed E-state index contributed by atoms with van der Waals surface area (Å²) in [4.78, 5) is 55.4. The summed E-state index contributed by atoms with van der Waals surface area (Å²) in [5.74, 6) is -3.32. The quantitative estimate of drug-likeness (QED) is 0.480. The van der Waals surface area contributed by atoms with Crippen molar-refractivity contribution in [3.8, 4) is 0 Å². The van der Waals surface area contributed by atoms with Crippen LogP contribution in [0.5, 0.6) is 0 Å². The molecule has 2 bridgehead atoms. The van der Waals surface area contributed by atoms with Gasteiger partial charge in [-0.15, -0.1) is 0 Å². The number of ether oxygens (including phenoxy) is 2. The number of hydrogen-bond acceptors (Lipinski definition) is 7. The predicted molar refractivity (Wildman–Crippen MR) is 125 cm³/mol. The van der Waals surface area contributed by atoms with E-state index in [-0.39, 0.29) is 12.4 Å². The number of para-hydroxylation sites is 1. The Morgan fingerprint density at radius 1 is 1.17 bits per heavy atom. The van der Waals surface area contributed by atoms with E-state index >= 15 is 0 Å². The first-order valence-electron chi connectivity index (χ1n) is 11.7. The van der Waals surface area contributed by atoms with Crippen LogP contribution in [0.1, 0.15) is 45.4 Å². The third-order valence-electron chi connectivity index (χ3n) is 7.03. The normalized spacial score (nSPS) is 28.2. The lowest BCUT2D eigenvalue weighted by atomic mass is 9.60. The van der Waals surface area contributed by atoms with E-state index in [1.54, 1.807) is 70.2 Å². The Kier molecular flexibility index (Phi) is 5.23. The Morgan fingerprint density at radius 3 is 2.57 bits per heavy atom. The minimum atomic E-state index is -1.46. The van der Waals surface area contributed by atoms with Gasteiger partial charge in [0.15, 0.2) is 5.78 Å². The number of carbonyl (C=O) groups excluding carboxylic acids is 4. The molecular weight excluding hydrogens is 450 g/mol. The van der Waals surface area contributed by atoms with Gasteiger partial charge in [0.2, 0.25) is 5.91 Å². The van der Waals surface area contributed by atoms with Crippen molar-refractivity contribution in [2.45, 2.75) is 45.1 Å². The zero-order valence-corrected chi connectivity index (χ0v) is 20.1. The summed E-state index contributed by atoms with van der Waals surface area (Å²) in [6.07, 6.45) is 2.63. The second kappa shape index (κ2) is 7.93. The number of amides is 2. The molecule has 182 valence electrons. The fourth-order valence-corrected chi connectivity index (χ4v) is 5.96. The van der Waals surface area contributed by atoms with E-state index in [0.29, 0.717) is 29.0 Å². The fraction of sp³-hybridized carbons (Fsp3) is 0.407. The second-order valence-electron chi connectivity index (χ2n) is 10.1. The highest BCUT2D eigenvalue weighted by atomic mass is 16.6. The summed E-state index contributed by atoms with van der Waals surface area (Å²) in [6, 6.07) is 10.3. The molecule has 0 radical (unpaired) electrons. The second-order valence-corrected chi connectivity index (χ2v) is 10.1. The summed E-state index contributed by atoms with van der Waals surface area (Å²) >= 11 is 0. The van der Waals surface area contributed by atoms with E-state index in [1.165, 1.54) is 6.26 Å². The zero-order valence-electron chi connectivity index (χ0n) is 20.1. The number of hydrogen-bond donors (Lipinski definition) is 0. The maximum atomic E-state index is 14.3. The van der Waals surface area contributed by atoms with Gasteiger partial charge in [0.25, 0.3) is 0 Å². The van der Waals surface area contributed by atoms with E-state index in [1.807, 2.05) is 0 Å². The van der Waals surface area contributed by atoms with Crippen LogP contribution in [0.25, 0.3) is 6.08 Å². The molecule has 1 aliphatic heterocycles. The minimum absolute atomic E-state index is 0.109. The smallest absolute Gasteiger partial charge is 0.421 e. The van der Waals surface area contributed by atoms with Crippen molar-refractivity contribution in [1.82, 2.24) is 0 Å². The maximum absolute atomic E-state index is 14.3. The lowest BCUT2D eigenvalue weighted by molar-refractivity contribution is -0.156. The summed E-state index contributed by atoms with van der Waals surface area (Å²) in [7, 11) is 0. The van der Waals surface area contributed by atoms with Crippen molar-refractivity contribution in [3.05, 3.63) is 59.6 Å². The predicted octanol–water partition coefficient (Wildman–Crippen LogP) is 4.28. The van der Waals surface area contributed by atoms with Crippen LogP contribution < -0.4 is 4.90 Å². The number of furan rings is 1. The van der Waals surface area contributed by atoms with Crippen LogP contribution in [0.15, 0.2) is 52.7 Å². The van der Waals surface area contributed by atoms with Gasteiger partial charge in [-0.1, -0.05) is 18.2 Å². The van der Waals surface area contributed by atoms with Gasteiger partial charge >= 0.3 is 12.1 Å². The van der Waals surface area contributed by atoms with Gasteiger partial charge in [-0.2, -0.15) is 0 Å². The van der Waals surface area contributed by atoms with Crippen molar-refractivity contribution in [2.75, 3.05) is 11.5 Å². The SMILES string of the molecule is CCOC(=O)[C@H]1[C@H]2C[C@H](/C(=C\c3ccco3)C2=O)[C@]12C(=O)N(C(=O)OC(C)(C)C)c1ccccc12. The first-order valence-corrected chi connectivity index (χ1v) is 11.7. The number of ketones is 1. The topological polar surface area (TPSA) is 103 Å². The molecular formula is C27H27NO7. The third-order valence-corrected chi connectivity index (χ3v) is 7.03. The number of rotatable bonds is 3. The Balaban J connectivity index is 1.71. The Hall–Kier alpha value is -3.68. The number of nitrogens with zero attached hydrogens (tertiary/aromatic N) is 1.